The van der Waals surface area contributed by atoms with E-state index in [0.717, 1.165) is 29.7 Å². The van der Waals surface area contributed by atoms with E-state index >= 15 is 0 Å². The normalized spacial score (nSPS) is 17.7. The summed E-state index contributed by atoms with van der Waals surface area (Å²) in [5.41, 5.74) is 2.60. The summed E-state index contributed by atoms with van der Waals surface area (Å²) in [5.74, 6) is -0.642. The van der Waals surface area contributed by atoms with Crippen LogP contribution in [-0.2, 0) is 6.42 Å². The van der Waals surface area contributed by atoms with Gasteiger partial charge in [0.1, 0.15) is 0 Å². The van der Waals surface area contributed by atoms with Gasteiger partial charge < -0.3 is 25.7 Å². The third-order valence-electron chi connectivity index (χ3n) is 3.62. The fourth-order valence-electron chi connectivity index (χ4n) is 2.60. The maximum Gasteiger partial charge on any atom is 0.157 e. The highest BCUT2D eigenvalue weighted by atomic mass is 16.3. The summed E-state index contributed by atoms with van der Waals surface area (Å²) >= 11 is 0. The van der Waals surface area contributed by atoms with Crippen LogP contribution in [0.5, 0.6) is 23.0 Å². The van der Waals surface area contributed by atoms with Crippen LogP contribution >= 0.6 is 0 Å². The molecule has 0 spiro atoms. The minimum Gasteiger partial charge on any atom is -0.504 e. The number of benzene rings is 2. The number of phenolic OH excluding ortho intramolecular Hbond substituents is 4. The lowest BCUT2D eigenvalue weighted by atomic mass is 9.89. The molecule has 0 aliphatic carbocycles. The number of nitrogens with one attached hydrogen (secondary N) is 1. The monoisotopic (exact) mass is 273 g/mol. The number of hydrogen-bond donors (Lipinski definition) is 5. The van der Waals surface area contributed by atoms with Crippen LogP contribution in [0.25, 0.3) is 0 Å². The molecule has 2 aromatic rings. The second-order valence-corrected chi connectivity index (χ2v) is 4.93. The van der Waals surface area contributed by atoms with E-state index in [2.05, 4.69) is 5.32 Å². The predicted octanol–water partition coefficient (Wildman–Crippen LogP) is 1.74. The third kappa shape index (κ3) is 2.02. The Morgan fingerprint density at radius 2 is 1.55 bits per heavy atom. The number of phenols is 4. The summed E-state index contributed by atoms with van der Waals surface area (Å²) in [6.07, 6.45) is 0.754. The van der Waals surface area contributed by atoms with E-state index < -0.39 is 0 Å². The van der Waals surface area contributed by atoms with E-state index in [1.165, 1.54) is 18.2 Å². The van der Waals surface area contributed by atoms with Crippen molar-refractivity contribution >= 4 is 0 Å². The maximum absolute atomic E-state index is 9.67. The first-order valence-corrected chi connectivity index (χ1v) is 6.36. The molecular formula is C15H15NO4. The largest absolute Gasteiger partial charge is 0.504 e. The van der Waals surface area contributed by atoms with Gasteiger partial charge in [0, 0.05) is 6.54 Å². The van der Waals surface area contributed by atoms with Crippen LogP contribution < -0.4 is 5.32 Å². The van der Waals surface area contributed by atoms with Gasteiger partial charge in [0.15, 0.2) is 23.0 Å². The van der Waals surface area contributed by atoms with E-state index in [1.807, 2.05) is 0 Å². The van der Waals surface area contributed by atoms with Gasteiger partial charge in [-0.2, -0.15) is 0 Å². The van der Waals surface area contributed by atoms with Crippen molar-refractivity contribution in [3.8, 4) is 23.0 Å². The second-order valence-electron chi connectivity index (χ2n) is 4.93. The number of aromatic hydroxyl groups is 4. The summed E-state index contributed by atoms with van der Waals surface area (Å²) in [6.45, 7) is 0.726. The van der Waals surface area contributed by atoms with Gasteiger partial charge in [0.25, 0.3) is 0 Å². The van der Waals surface area contributed by atoms with Crippen LogP contribution in [0.3, 0.4) is 0 Å². The first kappa shape index (κ1) is 12.6. The Balaban J connectivity index is 2.09. The zero-order valence-electron chi connectivity index (χ0n) is 10.7. The Hall–Kier alpha value is -2.40. The summed E-state index contributed by atoms with van der Waals surface area (Å²) in [6, 6.07) is 7.54. The molecule has 0 fully saturated rings. The molecule has 1 heterocycles. The van der Waals surface area contributed by atoms with Gasteiger partial charge in [-0.05, 0) is 47.4 Å². The van der Waals surface area contributed by atoms with Crippen LogP contribution in [0.2, 0.25) is 0 Å². The van der Waals surface area contributed by atoms with Crippen LogP contribution in [0.15, 0.2) is 30.3 Å². The number of rotatable bonds is 1. The highest BCUT2D eigenvalue weighted by Gasteiger charge is 2.23. The van der Waals surface area contributed by atoms with Crippen molar-refractivity contribution in [1.82, 2.24) is 5.32 Å². The van der Waals surface area contributed by atoms with Gasteiger partial charge in [0.2, 0.25) is 0 Å². The molecule has 5 N–H and O–H groups in total. The van der Waals surface area contributed by atoms with E-state index in [0.29, 0.717) is 0 Å². The lowest BCUT2D eigenvalue weighted by Crippen LogP contribution is -2.30. The quantitative estimate of drug-likeness (QED) is 0.510. The SMILES string of the molecule is Oc1ccc(C2NCCc3cc(O)c(O)cc32)cc1O. The van der Waals surface area contributed by atoms with Gasteiger partial charge in [0.05, 0.1) is 6.04 Å². The van der Waals surface area contributed by atoms with Gasteiger partial charge in [-0.1, -0.05) is 6.07 Å². The fourth-order valence-corrected chi connectivity index (χ4v) is 2.60. The molecule has 1 atom stereocenters. The molecule has 104 valence electrons. The molecule has 20 heavy (non-hydrogen) atoms. The smallest absolute Gasteiger partial charge is 0.157 e. The van der Waals surface area contributed by atoms with E-state index in [-0.39, 0.29) is 29.0 Å². The molecule has 0 radical (unpaired) electrons. The first-order chi connectivity index (χ1) is 9.56. The van der Waals surface area contributed by atoms with Gasteiger partial charge in [-0.15, -0.1) is 0 Å². The molecule has 3 rings (SSSR count). The molecule has 0 aromatic heterocycles. The Kier molecular flexibility index (Phi) is 2.91. The fraction of sp³-hybridized carbons (Fsp3) is 0.200. The zero-order valence-corrected chi connectivity index (χ0v) is 10.7. The molecule has 0 saturated heterocycles. The minimum atomic E-state index is -0.197. The summed E-state index contributed by atoms with van der Waals surface area (Å²) in [4.78, 5) is 0. The highest BCUT2D eigenvalue weighted by molar-refractivity contribution is 5.51. The van der Waals surface area contributed by atoms with Crippen molar-refractivity contribution in [3.63, 3.8) is 0 Å². The molecule has 1 aliphatic heterocycles. The average Bonchev–Trinajstić information content (AvgIpc) is 2.43. The Bertz CT molecular complexity index is 669. The molecule has 5 nitrogen and oxygen atoms in total. The number of hydrogen-bond acceptors (Lipinski definition) is 5. The van der Waals surface area contributed by atoms with Crippen molar-refractivity contribution in [1.29, 1.82) is 0 Å². The standard InChI is InChI=1S/C15H15NO4/c17-11-2-1-9(6-12(11)18)15-10-7-14(20)13(19)5-8(10)3-4-16-15/h1-2,5-7,15-20H,3-4H2. The number of fused-ring (bicyclic) bond motifs is 1. The molecule has 1 unspecified atom stereocenters. The van der Waals surface area contributed by atoms with Crippen LogP contribution in [0, 0.1) is 0 Å². The van der Waals surface area contributed by atoms with Gasteiger partial charge in [-0.3, -0.25) is 0 Å². The first-order valence-electron chi connectivity index (χ1n) is 6.36. The van der Waals surface area contributed by atoms with Crippen LogP contribution in [0.4, 0.5) is 0 Å². The molecule has 0 bridgehead atoms. The van der Waals surface area contributed by atoms with Crippen LogP contribution in [-0.4, -0.2) is 27.0 Å². The van der Waals surface area contributed by atoms with E-state index in [4.69, 9.17) is 0 Å². The maximum atomic E-state index is 9.67. The van der Waals surface area contributed by atoms with Crippen molar-refractivity contribution in [2.24, 2.45) is 0 Å². The van der Waals surface area contributed by atoms with Crippen molar-refractivity contribution in [2.45, 2.75) is 12.5 Å². The predicted molar refractivity (Wildman–Crippen MR) is 73.1 cm³/mol. The Labute approximate surface area is 115 Å². The lowest BCUT2D eigenvalue weighted by molar-refractivity contribution is 0.399. The average molecular weight is 273 g/mol. The second kappa shape index (κ2) is 4.61. The Morgan fingerprint density at radius 1 is 0.850 bits per heavy atom. The van der Waals surface area contributed by atoms with Crippen molar-refractivity contribution < 1.29 is 20.4 Å². The lowest BCUT2D eigenvalue weighted by Gasteiger charge is -2.28. The topological polar surface area (TPSA) is 93.0 Å². The molecule has 0 amide bonds. The third-order valence-corrected chi connectivity index (χ3v) is 3.62. The van der Waals surface area contributed by atoms with Crippen molar-refractivity contribution in [3.05, 3.63) is 47.0 Å². The highest BCUT2D eigenvalue weighted by Crippen LogP contribution is 2.37. The zero-order chi connectivity index (χ0) is 14.3. The Morgan fingerprint density at radius 3 is 2.30 bits per heavy atom. The molecular weight excluding hydrogens is 258 g/mol. The summed E-state index contributed by atoms with van der Waals surface area (Å²) in [5, 5.41) is 41.5. The molecule has 1 aliphatic rings. The molecule has 5 heteroatoms. The molecule has 2 aromatic carbocycles. The van der Waals surface area contributed by atoms with Crippen LogP contribution in [0.1, 0.15) is 22.7 Å². The van der Waals surface area contributed by atoms with E-state index in [1.54, 1.807) is 12.1 Å². The van der Waals surface area contributed by atoms with Gasteiger partial charge >= 0.3 is 0 Å². The minimum absolute atomic E-state index is 0.127. The van der Waals surface area contributed by atoms with Gasteiger partial charge in [-0.25, -0.2) is 0 Å². The molecule has 0 saturated carbocycles. The van der Waals surface area contributed by atoms with E-state index in [9.17, 15) is 20.4 Å². The van der Waals surface area contributed by atoms with Crippen molar-refractivity contribution in [2.75, 3.05) is 6.54 Å². The summed E-state index contributed by atoms with van der Waals surface area (Å²) in [7, 11) is 0. The summed E-state index contributed by atoms with van der Waals surface area (Å²) < 4.78 is 0.